The second-order valence-electron chi connectivity index (χ2n) is 9.08. The van der Waals surface area contributed by atoms with E-state index in [0.29, 0.717) is 41.8 Å². The minimum Gasteiger partial charge on any atom is -0.492 e. The van der Waals surface area contributed by atoms with Gasteiger partial charge in [-0.25, -0.2) is 4.79 Å². The van der Waals surface area contributed by atoms with Crippen LogP contribution in [0.5, 0.6) is 11.6 Å². The minimum atomic E-state index is -1.37. The van der Waals surface area contributed by atoms with Gasteiger partial charge in [-0.2, -0.15) is 0 Å². The SMILES string of the molecule is Cc1ccccc1-c1cccc2c(CCCOc3cccc(Cl)c3Cl)c(OC(=O)O)n(Cc3ccccn3)c12. The standard InChI is InChI=1S/C31H26Cl2N2O4/c1-20-9-2-3-11-22(20)23-12-6-13-24-25(14-8-18-38-27-16-7-15-26(32)28(27)33)30(39-31(36)37)35(29(23)24)19-21-10-4-5-17-34-21/h2-7,9-13,15-17H,8,14,18-19H2,1H3,(H,36,37). The maximum absolute atomic E-state index is 11.9. The molecular weight excluding hydrogens is 535 g/mol. The molecule has 8 heteroatoms. The number of carboxylic acid groups (broad SMARTS) is 1. The second-order valence-corrected chi connectivity index (χ2v) is 9.86. The first kappa shape index (κ1) is 26.6. The molecule has 0 saturated carbocycles. The highest BCUT2D eigenvalue weighted by Crippen LogP contribution is 2.40. The fourth-order valence-corrected chi connectivity index (χ4v) is 5.17. The van der Waals surface area contributed by atoms with E-state index >= 15 is 0 Å². The molecule has 0 aliphatic carbocycles. The van der Waals surface area contributed by atoms with Crippen molar-refractivity contribution in [2.24, 2.45) is 0 Å². The number of benzene rings is 3. The second kappa shape index (κ2) is 11.8. The van der Waals surface area contributed by atoms with Gasteiger partial charge in [0, 0.05) is 22.7 Å². The smallest absolute Gasteiger partial charge is 0.492 e. The molecule has 0 aliphatic heterocycles. The van der Waals surface area contributed by atoms with Crippen LogP contribution in [-0.4, -0.2) is 27.4 Å². The minimum absolute atomic E-state index is 0.282. The Morgan fingerprint density at radius 2 is 1.72 bits per heavy atom. The zero-order valence-electron chi connectivity index (χ0n) is 21.2. The molecule has 0 bridgehead atoms. The fraction of sp³-hybridized carbons (Fsp3) is 0.161. The van der Waals surface area contributed by atoms with Crippen LogP contribution in [0.15, 0.2) is 85.1 Å². The van der Waals surface area contributed by atoms with Crippen molar-refractivity contribution in [3.05, 3.63) is 112 Å². The summed E-state index contributed by atoms with van der Waals surface area (Å²) in [5, 5.41) is 11.4. The fourth-order valence-electron chi connectivity index (χ4n) is 4.82. The summed E-state index contributed by atoms with van der Waals surface area (Å²) in [5.41, 5.74) is 5.64. The Bertz CT molecular complexity index is 1630. The van der Waals surface area contributed by atoms with Crippen molar-refractivity contribution < 1.29 is 19.4 Å². The van der Waals surface area contributed by atoms with E-state index in [0.717, 1.165) is 38.9 Å². The lowest BCUT2D eigenvalue weighted by Gasteiger charge is -2.14. The summed E-state index contributed by atoms with van der Waals surface area (Å²) < 4.78 is 13.3. The molecule has 1 N–H and O–H groups in total. The molecule has 0 unspecified atom stereocenters. The molecule has 0 fully saturated rings. The Kier molecular flexibility index (Phi) is 8.05. The largest absolute Gasteiger partial charge is 0.512 e. The summed E-state index contributed by atoms with van der Waals surface area (Å²) >= 11 is 12.4. The summed E-state index contributed by atoms with van der Waals surface area (Å²) in [6, 6.07) is 25.1. The van der Waals surface area contributed by atoms with Crippen molar-refractivity contribution in [2.45, 2.75) is 26.3 Å². The van der Waals surface area contributed by atoms with E-state index in [9.17, 15) is 9.90 Å². The van der Waals surface area contributed by atoms with Gasteiger partial charge in [0.15, 0.2) is 0 Å². The number of hydrogen-bond acceptors (Lipinski definition) is 4. The van der Waals surface area contributed by atoms with Gasteiger partial charge in [-0.15, -0.1) is 0 Å². The summed E-state index contributed by atoms with van der Waals surface area (Å²) in [7, 11) is 0. The molecule has 6 nitrogen and oxygen atoms in total. The summed E-state index contributed by atoms with van der Waals surface area (Å²) in [6.07, 6.45) is 1.46. The Balaban J connectivity index is 1.59. The molecule has 39 heavy (non-hydrogen) atoms. The molecule has 0 amide bonds. The van der Waals surface area contributed by atoms with Crippen LogP contribution >= 0.6 is 23.2 Å². The lowest BCUT2D eigenvalue weighted by atomic mass is 9.97. The van der Waals surface area contributed by atoms with Crippen molar-refractivity contribution in [3.63, 3.8) is 0 Å². The van der Waals surface area contributed by atoms with E-state index in [2.05, 4.69) is 30.1 Å². The summed E-state index contributed by atoms with van der Waals surface area (Å²) in [5.74, 6) is 0.788. The maximum Gasteiger partial charge on any atom is 0.512 e. The van der Waals surface area contributed by atoms with Gasteiger partial charge >= 0.3 is 6.16 Å². The van der Waals surface area contributed by atoms with Crippen LogP contribution in [0.3, 0.4) is 0 Å². The first-order chi connectivity index (χ1) is 18.9. The molecule has 5 aromatic rings. The van der Waals surface area contributed by atoms with Crippen LogP contribution in [0.25, 0.3) is 22.0 Å². The number of ether oxygens (including phenoxy) is 2. The molecule has 0 aliphatic rings. The van der Waals surface area contributed by atoms with Gasteiger partial charge in [0.25, 0.3) is 0 Å². The van der Waals surface area contributed by atoms with Gasteiger partial charge in [-0.05, 0) is 55.2 Å². The molecule has 2 aromatic heterocycles. The highest BCUT2D eigenvalue weighted by molar-refractivity contribution is 6.42. The molecule has 0 radical (unpaired) electrons. The first-order valence-electron chi connectivity index (χ1n) is 12.5. The normalized spacial score (nSPS) is 11.1. The zero-order valence-corrected chi connectivity index (χ0v) is 22.7. The van der Waals surface area contributed by atoms with Crippen LogP contribution in [0, 0.1) is 6.92 Å². The van der Waals surface area contributed by atoms with Crippen LogP contribution < -0.4 is 9.47 Å². The van der Waals surface area contributed by atoms with Gasteiger partial charge < -0.3 is 19.1 Å². The topological polar surface area (TPSA) is 73.6 Å². The van der Waals surface area contributed by atoms with Crippen LogP contribution in [0.4, 0.5) is 4.79 Å². The Hall–Kier alpha value is -4.00. The number of carbonyl (C=O) groups is 1. The van der Waals surface area contributed by atoms with Crippen molar-refractivity contribution in [1.29, 1.82) is 0 Å². The highest BCUT2D eigenvalue weighted by atomic mass is 35.5. The highest BCUT2D eigenvalue weighted by Gasteiger charge is 2.24. The number of nitrogens with zero attached hydrogens (tertiary/aromatic N) is 2. The lowest BCUT2D eigenvalue weighted by Crippen LogP contribution is -2.11. The van der Waals surface area contributed by atoms with E-state index in [1.54, 1.807) is 24.4 Å². The molecular formula is C31H26Cl2N2O4. The maximum atomic E-state index is 11.9. The number of para-hydroxylation sites is 1. The predicted molar refractivity (Wildman–Crippen MR) is 154 cm³/mol. The first-order valence-corrected chi connectivity index (χ1v) is 13.3. The number of hydrogen-bond donors (Lipinski definition) is 1. The van der Waals surface area contributed by atoms with E-state index < -0.39 is 6.16 Å². The van der Waals surface area contributed by atoms with Gasteiger partial charge in [-0.1, -0.05) is 77.8 Å². The third-order valence-corrected chi connectivity index (χ3v) is 7.35. The average molecular weight is 561 g/mol. The molecule has 5 rings (SSSR count). The van der Waals surface area contributed by atoms with Crippen LogP contribution in [0.1, 0.15) is 23.2 Å². The van der Waals surface area contributed by atoms with Crippen molar-refractivity contribution in [2.75, 3.05) is 6.61 Å². The number of rotatable bonds is 9. The van der Waals surface area contributed by atoms with Gasteiger partial charge in [0.05, 0.1) is 29.4 Å². The van der Waals surface area contributed by atoms with E-state index in [1.165, 1.54) is 0 Å². The van der Waals surface area contributed by atoms with Gasteiger partial charge in [0.2, 0.25) is 5.88 Å². The third kappa shape index (κ3) is 5.72. The van der Waals surface area contributed by atoms with Crippen LogP contribution in [-0.2, 0) is 13.0 Å². The lowest BCUT2D eigenvalue weighted by molar-refractivity contribution is 0.140. The molecule has 3 aromatic carbocycles. The van der Waals surface area contributed by atoms with Gasteiger partial charge in [0.1, 0.15) is 10.8 Å². The summed E-state index contributed by atoms with van der Waals surface area (Å²) in [4.78, 5) is 16.4. The van der Waals surface area contributed by atoms with E-state index in [1.807, 2.05) is 47.0 Å². The number of fused-ring (bicyclic) bond motifs is 1. The summed E-state index contributed by atoms with van der Waals surface area (Å²) in [6.45, 7) is 2.77. The monoisotopic (exact) mass is 560 g/mol. The van der Waals surface area contributed by atoms with Crippen LogP contribution in [0.2, 0.25) is 10.0 Å². The molecule has 0 spiro atoms. The third-order valence-electron chi connectivity index (χ3n) is 6.54. The number of halogens is 2. The number of pyridine rings is 1. The van der Waals surface area contributed by atoms with E-state index in [-0.39, 0.29) is 5.88 Å². The Morgan fingerprint density at radius 3 is 2.49 bits per heavy atom. The number of aryl methyl sites for hydroxylation is 2. The zero-order chi connectivity index (χ0) is 27.4. The Labute approximate surface area is 236 Å². The quantitative estimate of drug-likeness (QED) is 0.144. The van der Waals surface area contributed by atoms with Gasteiger partial charge in [-0.3, -0.25) is 4.98 Å². The molecule has 2 heterocycles. The Morgan fingerprint density at radius 1 is 0.949 bits per heavy atom. The molecule has 0 saturated heterocycles. The number of aromatic nitrogens is 2. The van der Waals surface area contributed by atoms with Crippen molar-refractivity contribution in [3.8, 4) is 22.8 Å². The van der Waals surface area contributed by atoms with Crippen molar-refractivity contribution in [1.82, 2.24) is 9.55 Å². The molecule has 198 valence electrons. The predicted octanol–water partition coefficient (Wildman–Crippen LogP) is 8.44. The van der Waals surface area contributed by atoms with E-state index in [4.69, 9.17) is 32.7 Å². The molecule has 0 atom stereocenters. The average Bonchev–Trinajstić information content (AvgIpc) is 3.21. The van der Waals surface area contributed by atoms with Crippen molar-refractivity contribution >= 4 is 40.3 Å².